The zero-order valence-corrected chi connectivity index (χ0v) is 7.41. The van der Waals surface area contributed by atoms with Crippen LogP contribution < -0.4 is 11.3 Å². The fourth-order valence-electron chi connectivity index (χ4n) is 1.48. The molecule has 0 radical (unpaired) electrons. The molecule has 6 nitrogen and oxygen atoms in total. The Balaban J connectivity index is 2.23. The highest BCUT2D eigenvalue weighted by atomic mass is 16.5. The molecule has 6 heteroatoms. The molecule has 13 heavy (non-hydrogen) atoms. The van der Waals surface area contributed by atoms with Crippen LogP contribution in [0.5, 0.6) is 0 Å². The van der Waals surface area contributed by atoms with Crippen LogP contribution in [0.25, 0.3) is 0 Å². The first-order valence-corrected chi connectivity index (χ1v) is 4.17. The quantitative estimate of drug-likeness (QED) is 0.521. The Morgan fingerprint density at radius 3 is 2.77 bits per heavy atom. The number of nitrogen functional groups attached to an aromatic ring is 1. The zero-order chi connectivity index (χ0) is 9.31. The summed E-state index contributed by atoms with van der Waals surface area (Å²) >= 11 is 0. The molecule has 0 spiro atoms. The number of ether oxygens (including phenoxy) is 1. The third-order valence-electron chi connectivity index (χ3n) is 2.51. The van der Waals surface area contributed by atoms with E-state index in [1.807, 2.05) is 0 Å². The SMILES string of the molecule is COC1(c2noc(NN)n2)CCC1. The second kappa shape index (κ2) is 2.97. The van der Waals surface area contributed by atoms with Crippen LogP contribution in [0.4, 0.5) is 6.01 Å². The molecule has 1 saturated carbocycles. The predicted molar refractivity (Wildman–Crippen MR) is 44.6 cm³/mol. The van der Waals surface area contributed by atoms with Crippen molar-refractivity contribution in [3.63, 3.8) is 0 Å². The van der Waals surface area contributed by atoms with Crippen molar-refractivity contribution in [3.05, 3.63) is 5.82 Å². The number of anilines is 1. The molecule has 0 unspecified atom stereocenters. The molecule has 1 heterocycles. The molecule has 3 N–H and O–H groups in total. The Kier molecular flexibility index (Phi) is 1.93. The van der Waals surface area contributed by atoms with Crippen molar-refractivity contribution in [1.82, 2.24) is 10.1 Å². The van der Waals surface area contributed by atoms with Gasteiger partial charge in [-0.25, -0.2) is 5.84 Å². The lowest BCUT2D eigenvalue weighted by Crippen LogP contribution is -2.37. The number of hydrogen-bond acceptors (Lipinski definition) is 6. The normalized spacial score (nSPS) is 19.5. The summed E-state index contributed by atoms with van der Waals surface area (Å²) in [5.41, 5.74) is 1.96. The summed E-state index contributed by atoms with van der Waals surface area (Å²) in [4.78, 5) is 4.05. The summed E-state index contributed by atoms with van der Waals surface area (Å²) in [5, 5.41) is 3.80. The van der Waals surface area contributed by atoms with Gasteiger partial charge in [-0.2, -0.15) is 4.98 Å². The minimum Gasteiger partial charge on any atom is -0.370 e. The van der Waals surface area contributed by atoms with Crippen LogP contribution in [-0.2, 0) is 10.3 Å². The minimum atomic E-state index is -0.335. The van der Waals surface area contributed by atoms with E-state index in [0.29, 0.717) is 5.82 Å². The average Bonchev–Trinajstić information content (AvgIpc) is 2.52. The molecule has 1 aromatic heterocycles. The Bertz CT molecular complexity index is 289. The largest absolute Gasteiger partial charge is 0.370 e. The van der Waals surface area contributed by atoms with Gasteiger partial charge in [0.05, 0.1) is 0 Å². The molecular formula is C7H12N4O2. The van der Waals surface area contributed by atoms with Crippen molar-refractivity contribution in [2.75, 3.05) is 12.5 Å². The van der Waals surface area contributed by atoms with Gasteiger partial charge in [-0.1, -0.05) is 5.16 Å². The smallest absolute Gasteiger partial charge is 0.335 e. The Morgan fingerprint density at radius 2 is 2.38 bits per heavy atom. The van der Waals surface area contributed by atoms with Crippen molar-refractivity contribution in [1.29, 1.82) is 0 Å². The van der Waals surface area contributed by atoms with Gasteiger partial charge in [0.15, 0.2) is 0 Å². The molecule has 1 aromatic rings. The van der Waals surface area contributed by atoms with E-state index in [2.05, 4.69) is 15.6 Å². The number of nitrogens with zero attached hydrogens (tertiary/aromatic N) is 2. The van der Waals surface area contributed by atoms with Gasteiger partial charge in [0, 0.05) is 7.11 Å². The first-order chi connectivity index (χ1) is 6.30. The van der Waals surface area contributed by atoms with E-state index in [0.717, 1.165) is 19.3 Å². The highest BCUT2D eigenvalue weighted by Crippen LogP contribution is 2.42. The molecule has 1 aliphatic carbocycles. The fourth-order valence-corrected chi connectivity index (χ4v) is 1.48. The number of rotatable bonds is 3. The summed E-state index contributed by atoms with van der Waals surface area (Å²) in [6, 6.07) is 0.221. The van der Waals surface area contributed by atoms with Gasteiger partial charge in [-0.3, -0.25) is 5.43 Å². The Labute approximate surface area is 75.4 Å². The number of hydrazine groups is 1. The fraction of sp³-hybridized carbons (Fsp3) is 0.714. The molecule has 0 amide bonds. The summed E-state index contributed by atoms with van der Waals surface area (Å²) in [5.74, 6) is 5.70. The molecule has 1 aliphatic rings. The zero-order valence-electron chi connectivity index (χ0n) is 7.41. The maximum absolute atomic E-state index is 5.36. The van der Waals surface area contributed by atoms with Gasteiger partial charge in [-0.15, -0.1) is 0 Å². The minimum absolute atomic E-state index is 0.221. The molecule has 0 atom stereocenters. The lowest BCUT2D eigenvalue weighted by atomic mass is 9.79. The van der Waals surface area contributed by atoms with Gasteiger partial charge < -0.3 is 9.26 Å². The van der Waals surface area contributed by atoms with Crippen LogP contribution in [0, 0.1) is 0 Å². The van der Waals surface area contributed by atoms with Crippen LogP contribution in [0.3, 0.4) is 0 Å². The van der Waals surface area contributed by atoms with Crippen molar-refractivity contribution >= 4 is 6.01 Å². The Hall–Kier alpha value is -1.14. The third-order valence-corrected chi connectivity index (χ3v) is 2.51. The third kappa shape index (κ3) is 1.18. The van der Waals surface area contributed by atoms with Crippen molar-refractivity contribution in [2.24, 2.45) is 5.84 Å². The summed E-state index contributed by atoms with van der Waals surface area (Å²) in [6.07, 6.45) is 3.01. The van der Waals surface area contributed by atoms with E-state index in [9.17, 15) is 0 Å². The van der Waals surface area contributed by atoms with Crippen molar-refractivity contribution in [2.45, 2.75) is 24.9 Å². The van der Waals surface area contributed by atoms with E-state index in [-0.39, 0.29) is 11.6 Å². The lowest BCUT2D eigenvalue weighted by Gasteiger charge is -2.37. The number of nitrogens with one attached hydrogen (secondary N) is 1. The second-order valence-corrected chi connectivity index (χ2v) is 3.12. The number of hydrogen-bond donors (Lipinski definition) is 2. The lowest BCUT2D eigenvalue weighted by molar-refractivity contribution is -0.0858. The molecule has 1 fully saturated rings. The standard InChI is InChI=1S/C7H12N4O2/c1-12-7(3-2-4-7)5-9-6(10-8)13-11-5/h2-4,8H2,1H3,(H,9,10,11). The molecule has 72 valence electrons. The highest BCUT2D eigenvalue weighted by Gasteiger charge is 2.43. The molecule has 0 saturated heterocycles. The summed E-state index contributed by atoms with van der Waals surface area (Å²) in [6.45, 7) is 0. The van der Waals surface area contributed by atoms with Crippen LogP contribution in [0.1, 0.15) is 25.1 Å². The molecule has 0 aliphatic heterocycles. The maximum Gasteiger partial charge on any atom is 0.335 e. The van der Waals surface area contributed by atoms with Crippen LogP contribution in [0.2, 0.25) is 0 Å². The second-order valence-electron chi connectivity index (χ2n) is 3.12. The first-order valence-electron chi connectivity index (χ1n) is 4.17. The van der Waals surface area contributed by atoms with E-state index in [1.54, 1.807) is 7.11 Å². The van der Waals surface area contributed by atoms with Crippen molar-refractivity contribution in [3.8, 4) is 0 Å². The van der Waals surface area contributed by atoms with Crippen LogP contribution in [0.15, 0.2) is 4.52 Å². The Morgan fingerprint density at radius 1 is 1.62 bits per heavy atom. The topological polar surface area (TPSA) is 86.2 Å². The molecule has 2 rings (SSSR count). The van der Waals surface area contributed by atoms with Crippen LogP contribution >= 0.6 is 0 Å². The number of methoxy groups -OCH3 is 1. The molecular weight excluding hydrogens is 172 g/mol. The van der Waals surface area contributed by atoms with Gasteiger partial charge in [0.25, 0.3) is 0 Å². The van der Waals surface area contributed by atoms with Gasteiger partial charge >= 0.3 is 6.01 Å². The van der Waals surface area contributed by atoms with E-state index in [4.69, 9.17) is 15.1 Å². The van der Waals surface area contributed by atoms with Crippen molar-refractivity contribution < 1.29 is 9.26 Å². The molecule has 0 bridgehead atoms. The van der Waals surface area contributed by atoms with Crippen LogP contribution in [-0.4, -0.2) is 17.3 Å². The monoisotopic (exact) mass is 184 g/mol. The first kappa shape index (κ1) is 8.46. The summed E-state index contributed by atoms with van der Waals surface area (Å²) in [7, 11) is 1.66. The molecule has 0 aromatic carbocycles. The van der Waals surface area contributed by atoms with E-state index in [1.165, 1.54) is 0 Å². The summed E-state index contributed by atoms with van der Waals surface area (Å²) < 4.78 is 10.2. The number of nitrogens with two attached hydrogens (primary N) is 1. The van der Waals surface area contributed by atoms with Gasteiger partial charge in [0.2, 0.25) is 5.82 Å². The average molecular weight is 184 g/mol. The maximum atomic E-state index is 5.36. The van der Waals surface area contributed by atoms with E-state index < -0.39 is 0 Å². The predicted octanol–water partition coefficient (Wildman–Crippen LogP) is 0.381. The van der Waals surface area contributed by atoms with Gasteiger partial charge in [0.1, 0.15) is 5.60 Å². The highest BCUT2D eigenvalue weighted by molar-refractivity contribution is 5.18. The van der Waals surface area contributed by atoms with Gasteiger partial charge in [-0.05, 0) is 19.3 Å². The number of aromatic nitrogens is 2. The van der Waals surface area contributed by atoms with E-state index >= 15 is 0 Å².